The Bertz CT molecular complexity index is 795. The molecule has 2 aromatic rings. The molecule has 2 bridgehead atoms. The van der Waals surface area contributed by atoms with Crippen molar-refractivity contribution >= 4 is 8.80 Å². The zero-order valence-corrected chi connectivity index (χ0v) is 20.3. The number of nitrogens with zero attached hydrogens (tertiary/aromatic N) is 6. The predicted octanol–water partition coefficient (Wildman–Crippen LogP) is 1.94. The van der Waals surface area contributed by atoms with Crippen molar-refractivity contribution in [3.05, 3.63) is 34.9 Å². The van der Waals surface area contributed by atoms with Gasteiger partial charge in [0.1, 0.15) is 0 Å². The van der Waals surface area contributed by atoms with E-state index in [9.17, 15) is 0 Å². The molecule has 10 heteroatoms. The topological polar surface area (TPSA) is 69.8 Å². The molecule has 0 radical (unpaired) electrons. The van der Waals surface area contributed by atoms with Gasteiger partial charge in [-0.05, 0) is 46.2 Å². The number of aryl methyl sites for hydroxylation is 4. The Morgan fingerprint density at radius 2 is 1.32 bits per heavy atom. The second kappa shape index (κ2) is 9.93. The smallest absolute Gasteiger partial charge is 0.372 e. The second-order valence-corrected chi connectivity index (χ2v) is 11.4. The van der Waals surface area contributed by atoms with Crippen molar-refractivity contribution in [2.24, 2.45) is 0 Å². The first-order valence-electron chi connectivity index (χ1n) is 11.3. The fourth-order valence-corrected chi connectivity index (χ4v) is 6.87. The van der Waals surface area contributed by atoms with Gasteiger partial charge in [0.05, 0.1) is 44.5 Å². The third kappa shape index (κ3) is 5.82. The Morgan fingerprint density at radius 3 is 1.74 bits per heavy atom. The largest absolute Gasteiger partial charge is 0.501 e. The molecule has 172 valence electrons. The number of aromatic nitrogens is 4. The van der Waals surface area contributed by atoms with Gasteiger partial charge >= 0.3 is 8.80 Å². The van der Waals surface area contributed by atoms with Crippen molar-refractivity contribution < 1.29 is 13.3 Å². The minimum absolute atomic E-state index is 0.702. The normalized spacial score (nSPS) is 24.4. The highest BCUT2D eigenvalue weighted by Gasteiger charge is 2.43. The highest BCUT2D eigenvalue weighted by molar-refractivity contribution is 6.60. The summed E-state index contributed by atoms with van der Waals surface area (Å²) in [5, 5.41) is 9.33. The molecule has 0 atom stereocenters. The second-order valence-electron chi connectivity index (χ2n) is 8.70. The number of fused-ring (bicyclic) bond motifs is 6. The molecule has 0 amide bonds. The van der Waals surface area contributed by atoms with E-state index < -0.39 is 8.80 Å². The zero-order valence-electron chi connectivity index (χ0n) is 19.3. The van der Waals surface area contributed by atoms with Crippen LogP contribution >= 0.6 is 0 Å². The van der Waals surface area contributed by atoms with E-state index in [0.29, 0.717) is 19.8 Å². The summed E-state index contributed by atoms with van der Waals surface area (Å²) in [6, 6.07) is 5.09. The minimum atomic E-state index is -2.59. The van der Waals surface area contributed by atoms with Crippen molar-refractivity contribution in [3.63, 3.8) is 0 Å². The van der Waals surface area contributed by atoms with Gasteiger partial charge in [0, 0.05) is 43.6 Å². The fourth-order valence-electron chi connectivity index (χ4n) is 4.39. The standard InChI is InChI=1S/C21H36N6O3Si/c1-18-14-20(3)26(22-18)16-25(17-27-21(4)15-19(2)23-27)6-5-13-31-28-10-7-24(8-11-29-31)9-12-30-31/h14-15H,5-13,16-17H2,1-4H3. The van der Waals surface area contributed by atoms with Crippen LogP contribution in [0.25, 0.3) is 0 Å². The average Bonchev–Trinajstić information content (AvgIpc) is 3.14. The molecule has 31 heavy (non-hydrogen) atoms. The van der Waals surface area contributed by atoms with Crippen LogP contribution < -0.4 is 0 Å². The number of hydrogen-bond donors (Lipinski definition) is 0. The van der Waals surface area contributed by atoms with E-state index >= 15 is 0 Å². The monoisotopic (exact) mass is 448 g/mol. The van der Waals surface area contributed by atoms with Gasteiger partial charge in [0.2, 0.25) is 0 Å². The lowest BCUT2D eigenvalue weighted by atomic mass is 10.4. The van der Waals surface area contributed by atoms with E-state index in [1.165, 1.54) is 11.4 Å². The van der Waals surface area contributed by atoms with Gasteiger partial charge in [-0.2, -0.15) is 10.2 Å². The highest BCUT2D eigenvalue weighted by atomic mass is 28.4. The molecule has 3 saturated heterocycles. The molecule has 0 N–H and O–H groups in total. The lowest BCUT2D eigenvalue weighted by Crippen LogP contribution is -2.55. The Labute approximate surface area is 186 Å². The summed E-state index contributed by atoms with van der Waals surface area (Å²) in [6.45, 7) is 15.7. The molecular formula is C21H36N6O3Si. The van der Waals surface area contributed by atoms with Crippen LogP contribution in [-0.2, 0) is 26.6 Å². The first-order chi connectivity index (χ1) is 14.9. The molecule has 3 aliphatic heterocycles. The summed E-state index contributed by atoms with van der Waals surface area (Å²) in [4.78, 5) is 4.74. The summed E-state index contributed by atoms with van der Waals surface area (Å²) < 4.78 is 22.8. The van der Waals surface area contributed by atoms with Crippen molar-refractivity contribution in [1.82, 2.24) is 29.4 Å². The first-order valence-corrected chi connectivity index (χ1v) is 13.2. The van der Waals surface area contributed by atoms with Crippen LogP contribution in [0.1, 0.15) is 29.2 Å². The van der Waals surface area contributed by atoms with Gasteiger partial charge < -0.3 is 13.3 Å². The molecule has 3 fully saturated rings. The number of rotatable bonds is 8. The van der Waals surface area contributed by atoms with E-state index in [2.05, 4.69) is 55.3 Å². The van der Waals surface area contributed by atoms with Crippen LogP contribution in [0.2, 0.25) is 6.04 Å². The molecule has 0 aliphatic carbocycles. The summed E-state index contributed by atoms with van der Waals surface area (Å²) in [5.74, 6) is 0. The van der Waals surface area contributed by atoms with Crippen LogP contribution in [0.15, 0.2) is 12.1 Å². The van der Waals surface area contributed by atoms with Crippen molar-refractivity contribution in [1.29, 1.82) is 0 Å². The SMILES string of the molecule is Cc1cc(C)n(CN(CCC[Si]23OCCN(CCO2)CCO3)Cn2nc(C)cc2C)n1. The Kier molecular flexibility index (Phi) is 7.25. The van der Waals surface area contributed by atoms with Crippen LogP contribution in [0.4, 0.5) is 0 Å². The maximum Gasteiger partial charge on any atom is 0.501 e. The van der Waals surface area contributed by atoms with E-state index in [-0.39, 0.29) is 0 Å². The molecule has 5 heterocycles. The zero-order chi connectivity index (χ0) is 21.8. The van der Waals surface area contributed by atoms with Gasteiger partial charge in [-0.3, -0.25) is 19.2 Å². The van der Waals surface area contributed by atoms with E-state index in [0.717, 1.165) is 63.4 Å². The van der Waals surface area contributed by atoms with Gasteiger partial charge in [-0.15, -0.1) is 0 Å². The van der Waals surface area contributed by atoms with Crippen LogP contribution in [0, 0.1) is 27.7 Å². The van der Waals surface area contributed by atoms with Crippen LogP contribution in [0.5, 0.6) is 0 Å². The molecule has 0 spiro atoms. The summed E-state index contributed by atoms with van der Waals surface area (Å²) in [7, 11) is -2.59. The molecule has 3 aliphatic rings. The van der Waals surface area contributed by atoms with Crippen molar-refractivity contribution in [2.75, 3.05) is 46.0 Å². The maximum atomic E-state index is 6.20. The fraction of sp³-hybridized carbons (Fsp3) is 0.714. The van der Waals surface area contributed by atoms with Gasteiger partial charge in [-0.1, -0.05) is 0 Å². The highest BCUT2D eigenvalue weighted by Crippen LogP contribution is 2.22. The summed E-state index contributed by atoms with van der Waals surface area (Å²) >= 11 is 0. The predicted molar refractivity (Wildman–Crippen MR) is 120 cm³/mol. The number of hydrogen-bond acceptors (Lipinski definition) is 7. The lowest BCUT2D eigenvalue weighted by Gasteiger charge is -2.38. The lowest BCUT2D eigenvalue weighted by molar-refractivity contribution is -0.00915. The molecular weight excluding hydrogens is 412 g/mol. The van der Waals surface area contributed by atoms with Crippen LogP contribution in [-0.4, -0.2) is 84.2 Å². The van der Waals surface area contributed by atoms with Gasteiger partial charge in [0.15, 0.2) is 0 Å². The quantitative estimate of drug-likeness (QED) is 0.572. The molecule has 5 rings (SSSR count). The Morgan fingerprint density at radius 1 is 0.839 bits per heavy atom. The van der Waals surface area contributed by atoms with E-state index in [1.807, 2.05) is 13.8 Å². The average molecular weight is 449 g/mol. The third-order valence-corrected chi connectivity index (χ3v) is 8.92. The van der Waals surface area contributed by atoms with Gasteiger partial charge in [-0.25, -0.2) is 0 Å². The Hall–Kier alpha value is -1.56. The molecule has 0 saturated carbocycles. The third-order valence-electron chi connectivity index (χ3n) is 6.02. The van der Waals surface area contributed by atoms with E-state index in [1.54, 1.807) is 0 Å². The maximum absolute atomic E-state index is 6.20. The van der Waals surface area contributed by atoms with Crippen molar-refractivity contribution in [3.8, 4) is 0 Å². The van der Waals surface area contributed by atoms with Crippen molar-refractivity contribution in [2.45, 2.75) is 53.5 Å². The Balaban J connectivity index is 1.42. The van der Waals surface area contributed by atoms with Gasteiger partial charge in [0.25, 0.3) is 0 Å². The van der Waals surface area contributed by atoms with E-state index in [4.69, 9.17) is 13.3 Å². The minimum Gasteiger partial charge on any atom is -0.372 e. The van der Waals surface area contributed by atoms with Crippen LogP contribution in [0.3, 0.4) is 0 Å². The molecule has 9 nitrogen and oxygen atoms in total. The molecule has 2 aromatic heterocycles. The summed E-state index contributed by atoms with van der Waals surface area (Å²) in [6.07, 6.45) is 0.953. The first kappa shape index (κ1) is 22.6. The molecule has 0 unspecified atom stereocenters. The molecule has 0 aromatic carbocycles. The summed E-state index contributed by atoms with van der Waals surface area (Å²) in [5.41, 5.74) is 4.43.